The molecule has 1 aliphatic rings. The molecule has 6 nitrogen and oxygen atoms in total. The summed E-state index contributed by atoms with van der Waals surface area (Å²) in [4.78, 5) is 16.6. The Morgan fingerprint density at radius 1 is 1.21 bits per heavy atom. The Kier molecular flexibility index (Phi) is 5.51. The molecule has 1 aliphatic carbocycles. The molecule has 1 fully saturated rings. The number of benzene rings is 1. The molecule has 6 heteroatoms. The lowest BCUT2D eigenvalue weighted by Gasteiger charge is -2.30. The molecule has 1 N–H and O–H groups in total. The minimum atomic E-state index is -0.261. The minimum absolute atomic E-state index is 0.261. The van der Waals surface area contributed by atoms with Crippen LogP contribution >= 0.6 is 0 Å². The van der Waals surface area contributed by atoms with E-state index in [-0.39, 0.29) is 5.91 Å². The summed E-state index contributed by atoms with van der Waals surface area (Å²) in [5.74, 6) is 1.91. The van der Waals surface area contributed by atoms with E-state index in [9.17, 15) is 4.79 Å². The van der Waals surface area contributed by atoms with Crippen LogP contribution in [0.15, 0.2) is 42.7 Å². The van der Waals surface area contributed by atoms with Gasteiger partial charge in [-0.15, -0.1) is 0 Å². The van der Waals surface area contributed by atoms with Crippen molar-refractivity contribution in [3.05, 3.63) is 48.4 Å². The fourth-order valence-corrected chi connectivity index (χ4v) is 4.24. The highest BCUT2D eigenvalue weighted by Crippen LogP contribution is 2.37. The molecule has 4 rings (SSSR count). The number of carbonyl (C=O) groups excluding carboxylic acids is 1. The van der Waals surface area contributed by atoms with Crippen molar-refractivity contribution in [3.8, 4) is 5.75 Å². The lowest BCUT2D eigenvalue weighted by Crippen LogP contribution is -2.21. The normalized spacial score (nSPS) is 19.4. The van der Waals surface area contributed by atoms with Gasteiger partial charge in [0.2, 0.25) is 0 Å². The number of anilines is 1. The van der Waals surface area contributed by atoms with Gasteiger partial charge < -0.3 is 10.1 Å². The Morgan fingerprint density at radius 3 is 2.66 bits per heavy atom. The molecular weight excluding hydrogens is 364 g/mol. The van der Waals surface area contributed by atoms with Crippen LogP contribution < -0.4 is 10.1 Å². The lowest BCUT2D eigenvalue weighted by molar-refractivity contribution is 0.102. The van der Waals surface area contributed by atoms with E-state index < -0.39 is 0 Å². The number of hydrogen-bond donors (Lipinski definition) is 1. The van der Waals surface area contributed by atoms with Gasteiger partial charge in [-0.2, -0.15) is 5.10 Å². The molecule has 2 aromatic heterocycles. The first kappa shape index (κ1) is 19.4. The van der Waals surface area contributed by atoms with Crippen LogP contribution in [0.3, 0.4) is 0 Å². The number of carbonyl (C=O) groups is 1. The maximum Gasteiger partial charge on any atom is 0.274 e. The zero-order chi connectivity index (χ0) is 20.4. The third kappa shape index (κ3) is 4.11. The zero-order valence-corrected chi connectivity index (χ0v) is 17.3. The maximum atomic E-state index is 12.5. The summed E-state index contributed by atoms with van der Waals surface area (Å²) in [7, 11) is 1.60. The number of aromatic nitrogens is 3. The lowest BCUT2D eigenvalue weighted by atomic mass is 9.80. The average Bonchev–Trinajstić information content (AvgIpc) is 3.16. The van der Waals surface area contributed by atoms with Gasteiger partial charge in [-0.05, 0) is 55.7 Å². The fraction of sp³-hybridized carbons (Fsp3) is 0.435. The van der Waals surface area contributed by atoms with Gasteiger partial charge in [0.05, 0.1) is 24.4 Å². The van der Waals surface area contributed by atoms with Gasteiger partial charge in [-0.3, -0.25) is 14.5 Å². The molecule has 29 heavy (non-hydrogen) atoms. The Labute approximate surface area is 171 Å². The molecule has 0 radical (unpaired) electrons. The largest absolute Gasteiger partial charge is 0.494 e. The highest BCUT2D eigenvalue weighted by atomic mass is 16.5. The second-order valence-corrected chi connectivity index (χ2v) is 8.20. The number of nitrogens with one attached hydrogen (secondary N) is 1. The molecule has 0 bridgehead atoms. The Bertz CT molecular complexity index is 989. The molecule has 2 heterocycles. The third-order valence-corrected chi connectivity index (χ3v) is 6.05. The van der Waals surface area contributed by atoms with Crippen molar-refractivity contribution >= 4 is 22.5 Å². The van der Waals surface area contributed by atoms with E-state index in [4.69, 9.17) is 9.84 Å². The number of rotatable bonds is 5. The molecule has 0 aliphatic heterocycles. The van der Waals surface area contributed by atoms with Crippen LogP contribution in [0.2, 0.25) is 0 Å². The van der Waals surface area contributed by atoms with Crippen molar-refractivity contribution in [2.24, 2.45) is 11.8 Å². The molecule has 0 unspecified atom stereocenters. The number of fused-ring (bicyclic) bond motifs is 1. The van der Waals surface area contributed by atoms with E-state index in [1.807, 2.05) is 12.1 Å². The Morgan fingerprint density at radius 2 is 2.00 bits per heavy atom. The Balaban J connectivity index is 1.57. The van der Waals surface area contributed by atoms with Crippen molar-refractivity contribution in [1.29, 1.82) is 0 Å². The highest BCUT2D eigenvalue weighted by Gasteiger charge is 2.25. The molecular formula is C23H28N4O2. The maximum absolute atomic E-state index is 12.5. The molecule has 152 valence electrons. The number of hydrogen-bond acceptors (Lipinski definition) is 4. The van der Waals surface area contributed by atoms with Crippen LogP contribution in [-0.2, 0) is 0 Å². The summed E-state index contributed by atoms with van der Waals surface area (Å²) in [6.45, 7) is 4.64. The first-order valence-corrected chi connectivity index (χ1v) is 10.3. The summed E-state index contributed by atoms with van der Waals surface area (Å²) < 4.78 is 7.60. The number of pyridine rings is 1. The smallest absolute Gasteiger partial charge is 0.274 e. The van der Waals surface area contributed by atoms with Crippen molar-refractivity contribution in [2.75, 3.05) is 12.4 Å². The van der Waals surface area contributed by atoms with E-state index in [1.54, 1.807) is 31.5 Å². The van der Waals surface area contributed by atoms with E-state index in [2.05, 4.69) is 35.0 Å². The summed E-state index contributed by atoms with van der Waals surface area (Å²) in [6, 6.07) is 9.52. The number of amides is 1. The van der Waals surface area contributed by atoms with Gasteiger partial charge in [-0.1, -0.05) is 19.9 Å². The monoisotopic (exact) mass is 392 g/mol. The number of ether oxygens (including phenoxy) is 1. The zero-order valence-electron chi connectivity index (χ0n) is 17.3. The molecule has 1 saturated carbocycles. The number of methoxy groups -OCH3 is 1. The molecule has 1 aromatic carbocycles. The molecule has 3 aromatic rings. The van der Waals surface area contributed by atoms with E-state index >= 15 is 0 Å². The van der Waals surface area contributed by atoms with Gasteiger partial charge in [0, 0.05) is 23.8 Å². The molecule has 0 atom stereocenters. The van der Waals surface area contributed by atoms with Crippen LogP contribution in [0, 0.1) is 11.8 Å². The van der Waals surface area contributed by atoms with E-state index in [0.717, 1.165) is 35.6 Å². The van der Waals surface area contributed by atoms with Gasteiger partial charge >= 0.3 is 0 Å². The van der Waals surface area contributed by atoms with E-state index in [0.29, 0.717) is 23.2 Å². The van der Waals surface area contributed by atoms with Crippen LogP contribution in [0.4, 0.5) is 5.69 Å². The molecule has 0 spiro atoms. The quantitative estimate of drug-likeness (QED) is 0.657. The van der Waals surface area contributed by atoms with E-state index in [1.165, 1.54) is 12.8 Å². The van der Waals surface area contributed by atoms with Crippen molar-refractivity contribution in [2.45, 2.75) is 45.6 Å². The second kappa shape index (κ2) is 8.23. The van der Waals surface area contributed by atoms with Crippen LogP contribution in [0.25, 0.3) is 10.9 Å². The molecule has 1 amide bonds. The van der Waals surface area contributed by atoms with Crippen LogP contribution in [-0.4, -0.2) is 27.8 Å². The summed E-state index contributed by atoms with van der Waals surface area (Å²) in [6.07, 6.45) is 8.54. The predicted molar refractivity (Wildman–Crippen MR) is 114 cm³/mol. The fourth-order valence-electron chi connectivity index (χ4n) is 4.24. The van der Waals surface area contributed by atoms with Gasteiger partial charge in [0.15, 0.2) is 0 Å². The first-order valence-electron chi connectivity index (χ1n) is 10.3. The summed E-state index contributed by atoms with van der Waals surface area (Å²) >= 11 is 0. The summed E-state index contributed by atoms with van der Waals surface area (Å²) in [5, 5.41) is 8.71. The minimum Gasteiger partial charge on any atom is -0.494 e. The highest BCUT2D eigenvalue weighted by molar-refractivity contribution is 6.05. The standard InChI is InChI=1S/C23H28N4O2/c1-15(2)16-7-9-18(10-8-16)27-14-17-12-21(22(29-3)13-20(17)26-27)25-23(28)19-6-4-5-11-24-19/h4-6,11-16,18H,7-10H2,1-3H3,(H,25,28). The van der Waals surface area contributed by atoms with Gasteiger partial charge in [-0.25, -0.2) is 0 Å². The SMILES string of the molecule is COc1cc2nn(C3CCC(C(C)C)CC3)cc2cc1NC(=O)c1ccccn1. The van der Waals surface area contributed by atoms with Crippen molar-refractivity contribution in [1.82, 2.24) is 14.8 Å². The van der Waals surface area contributed by atoms with Crippen molar-refractivity contribution in [3.63, 3.8) is 0 Å². The number of nitrogens with zero attached hydrogens (tertiary/aromatic N) is 3. The first-order chi connectivity index (χ1) is 14.0. The third-order valence-electron chi connectivity index (χ3n) is 6.05. The average molecular weight is 393 g/mol. The topological polar surface area (TPSA) is 69.0 Å². The summed E-state index contributed by atoms with van der Waals surface area (Å²) in [5.41, 5.74) is 1.87. The van der Waals surface area contributed by atoms with Crippen molar-refractivity contribution < 1.29 is 9.53 Å². The Hall–Kier alpha value is -2.89. The van der Waals surface area contributed by atoms with Crippen LogP contribution in [0.5, 0.6) is 5.75 Å². The molecule has 0 saturated heterocycles. The van der Waals surface area contributed by atoms with Gasteiger partial charge in [0.25, 0.3) is 5.91 Å². The predicted octanol–water partition coefficient (Wildman–Crippen LogP) is 5.08. The second-order valence-electron chi connectivity index (χ2n) is 8.20. The van der Waals surface area contributed by atoms with Crippen LogP contribution in [0.1, 0.15) is 56.1 Å². The van der Waals surface area contributed by atoms with Gasteiger partial charge in [0.1, 0.15) is 11.4 Å².